The van der Waals surface area contributed by atoms with Gasteiger partial charge in [-0.2, -0.15) is 0 Å². The van der Waals surface area contributed by atoms with Crippen molar-refractivity contribution in [1.29, 1.82) is 0 Å². The maximum atomic E-state index is 13.6. The molecule has 7 nitrogen and oxygen atoms in total. The molecule has 0 aliphatic carbocycles. The number of nitrogens with zero attached hydrogens (tertiary/aromatic N) is 1. The largest absolute Gasteiger partial charge is 0.507 e. The van der Waals surface area contributed by atoms with Crippen LogP contribution < -0.4 is 19.1 Å². The van der Waals surface area contributed by atoms with Gasteiger partial charge in [0, 0.05) is 17.3 Å². The van der Waals surface area contributed by atoms with Crippen LogP contribution in [0.1, 0.15) is 62.9 Å². The van der Waals surface area contributed by atoms with E-state index in [-0.39, 0.29) is 29.6 Å². The summed E-state index contributed by atoms with van der Waals surface area (Å²) in [7, 11) is 0. The molecule has 5 rings (SSSR count). The van der Waals surface area contributed by atoms with Gasteiger partial charge in [-0.1, -0.05) is 45.0 Å². The number of anilines is 1. The maximum Gasteiger partial charge on any atom is 0.300 e. The Morgan fingerprint density at radius 2 is 1.67 bits per heavy atom. The number of aliphatic hydroxyl groups is 1. The highest BCUT2D eigenvalue weighted by Crippen LogP contribution is 2.45. The third-order valence-corrected chi connectivity index (χ3v) is 7.01. The Hall–Kier alpha value is -4.26. The number of ether oxygens (including phenoxy) is 3. The van der Waals surface area contributed by atoms with E-state index in [1.165, 1.54) is 4.90 Å². The number of hydrogen-bond acceptors (Lipinski definition) is 6. The third kappa shape index (κ3) is 4.85. The van der Waals surface area contributed by atoms with E-state index in [1.54, 1.807) is 30.3 Å². The summed E-state index contributed by atoms with van der Waals surface area (Å²) in [6.45, 7) is 12.1. The third-order valence-electron chi connectivity index (χ3n) is 7.01. The molecule has 1 unspecified atom stereocenters. The smallest absolute Gasteiger partial charge is 0.300 e. The first-order valence-corrected chi connectivity index (χ1v) is 13.0. The molecule has 1 amide bonds. The SMILES string of the molecule is Cc1ccc(C(C)(C)C)cc1/C(O)=C1\C(=O)C(=O)N(c2ccc3c(c2)OCO3)C1c1ccc(OC(C)C)cc1. The average Bonchev–Trinajstić information content (AvgIpc) is 3.45. The number of rotatable bonds is 5. The molecule has 39 heavy (non-hydrogen) atoms. The van der Waals surface area contributed by atoms with Gasteiger partial charge in [0.25, 0.3) is 11.7 Å². The van der Waals surface area contributed by atoms with E-state index >= 15 is 0 Å². The van der Waals surface area contributed by atoms with Crippen LogP contribution in [0.4, 0.5) is 5.69 Å². The fourth-order valence-corrected chi connectivity index (χ4v) is 4.94. The van der Waals surface area contributed by atoms with Gasteiger partial charge in [0.2, 0.25) is 6.79 Å². The normalized spacial score (nSPS) is 18.2. The summed E-state index contributed by atoms with van der Waals surface area (Å²) in [5, 5.41) is 11.7. The lowest BCUT2D eigenvalue weighted by atomic mass is 9.84. The first kappa shape index (κ1) is 26.4. The molecule has 7 heteroatoms. The van der Waals surface area contributed by atoms with E-state index in [4.69, 9.17) is 14.2 Å². The molecule has 202 valence electrons. The zero-order valence-corrected chi connectivity index (χ0v) is 23.1. The molecule has 2 aliphatic rings. The number of ketones is 1. The standard InChI is InChI=1S/C32H33NO6/c1-18(2)39-23-12-8-20(9-13-23)28-27(29(34)24-15-21(32(4,5)6)10-7-19(24)3)30(35)31(36)33(28)22-11-14-25-26(16-22)38-17-37-25/h7-16,18,28,34H,17H2,1-6H3/b29-27+. The number of carbonyl (C=O) groups is 2. The highest BCUT2D eigenvalue weighted by Gasteiger charge is 2.47. The van der Waals surface area contributed by atoms with E-state index < -0.39 is 17.7 Å². The van der Waals surface area contributed by atoms with Crippen molar-refractivity contribution in [3.05, 3.63) is 88.5 Å². The minimum absolute atomic E-state index is 0.00631. The van der Waals surface area contributed by atoms with Crippen molar-refractivity contribution in [2.24, 2.45) is 0 Å². The predicted molar refractivity (Wildman–Crippen MR) is 149 cm³/mol. The molecule has 1 fully saturated rings. The highest BCUT2D eigenvalue weighted by atomic mass is 16.7. The van der Waals surface area contributed by atoms with Crippen molar-refractivity contribution < 1.29 is 28.9 Å². The number of amides is 1. The number of fused-ring (bicyclic) bond motifs is 1. The van der Waals surface area contributed by atoms with E-state index in [0.29, 0.717) is 34.1 Å². The summed E-state index contributed by atoms with van der Waals surface area (Å²) in [4.78, 5) is 28.6. The average molecular weight is 528 g/mol. The second-order valence-electron chi connectivity index (χ2n) is 11.2. The van der Waals surface area contributed by atoms with Crippen LogP contribution in [0.25, 0.3) is 5.76 Å². The lowest BCUT2D eigenvalue weighted by molar-refractivity contribution is -0.132. The molecule has 1 atom stereocenters. The Bertz CT molecular complexity index is 1480. The molecule has 0 spiro atoms. The fourth-order valence-electron chi connectivity index (χ4n) is 4.94. The van der Waals surface area contributed by atoms with E-state index in [9.17, 15) is 14.7 Å². The van der Waals surface area contributed by atoms with Gasteiger partial charge in [0.15, 0.2) is 11.5 Å². The number of carbonyl (C=O) groups excluding carboxylic acids is 2. The molecule has 2 heterocycles. The van der Waals surface area contributed by atoms with Gasteiger partial charge in [-0.25, -0.2) is 0 Å². The second-order valence-corrected chi connectivity index (χ2v) is 11.2. The molecule has 0 radical (unpaired) electrons. The molecule has 3 aromatic rings. The Kier molecular flexibility index (Phi) is 6.62. The van der Waals surface area contributed by atoms with Crippen LogP contribution in [0, 0.1) is 6.92 Å². The van der Waals surface area contributed by atoms with Gasteiger partial charge in [0.05, 0.1) is 17.7 Å². The van der Waals surface area contributed by atoms with Crippen LogP contribution >= 0.6 is 0 Å². The molecule has 2 aliphatic heterocycles. The zero-order chi connectivity index (χ0) is 28.1. The van der Waals surface area contributed by atoms with Crippen LogP contribution in [-0.2, 0) is 15.0 Å². The minimum Gasteiger partial charge on any atom is -0.507 e. The Morgan fingerprint density at radius 1 is 0.974 bits per heavy atom. The fraction of sp³-hybridized carbons (Fsp3) is 0.312. The topological polar surface area (TPSA) is 85.3 Å². The summed E-state index contributed by atoms with van der Waals surface area (Å²) in [6, 6.07) is 17.3. The molecular weight excluding hydrogens is 494 g/mol. The van der Waals surface area contributed by atoms with Crippen molar-refractivity contribution in [2.45, 2.75) is 59.1 Å². The van der Waals surface area contributed by atoms with Crippen LogP contribution in [0.15, 0.2) is 66.2 Å². The first-order chi connectivity index (χ1) is 18.5. The quantitative estimate of drug-likeness (QED) is 0.234. The Balaban J connectivity index is 1.70. The first-order valence-electron chi connectivity index (χ1n) is 13.0. The van der Waals surface area contributed by atoms with E-state index in [2.05, 4.69) is 20.8 Å². The number of benzene rings is 3. The Labute approximate surface area is 228 Å². The molecule has 0 aromatic heterocycles. The monoisotopic (exact) mass is 527 g/mol. The number of aryl methyl sites for hydroxylation is 1. The van der Waals surface area contributed by atoms with Gasteiger partial charge in [0.1, 0.15) is 11.5 Å². The van der Waals surface area contributed by atoms with Gasteiger partial charge in [-0.05, 0) is 73.2 Å². The predicted octanol–water partition coefficient (Wildman–Crippen LogP) is 6.43. The van der Waals surface area contributed by atoms with Crippen molar-refractivity contribution in [2.75, 3.05) is 11.7 Å². The van der Waals surface area contributed by atoms with Crippen molar-refractivity contribution >= 4 is 23.1 Å². The highest BCUT2D eigenvalue weighted by molar-refractivity contribution is 6.51. The second kappa shape index (κ2) is 9.80. The number of hydrogen-bond donors (Lipinski definition) is 1. The summed E-state index contributed by atoms with van der Waals surface area (Å²) < 4.78 is 16.8. The lowest BCUT2D eigenvalue weighted by Crippen LogP contribution is -2.29. The summed E-state index contributed by atoms with van der Waals surface area (Å²) >= 11 is 0. The van der Waals surface area contributed by atoms with E-state index in [0.717, 1.165) is 11.1 Å². The van der Waals surface area contributed by atoms with Crippen LogP contribution in [-0.4, -0.2) is 29.7 Å². The number of aliphatic hydroxyl groups excluding tert-OH is 1. The summed E-state index contributed by atoms with van der Waals surface area (Å²) in [5.74, 6) is 0.0419. The molecule has 0 saturated carbocycles. The van der Waals surface area contributed by atoms with Gasteiger partial charge in [-0.15, -0.1) is 0 Å². The van der Waals surface area contributed by atoms with Crippen LogP contribution in [0.5, 0.6) is 17.2 Å². The van der Waals surface area contributed by atoms with E-state index in [1.807, 2.05) is 51.1 Å². The zero-order valence-electron chi connectivity index (χ0n) is 23.1. The number of Topliss-reactive ketones (excluding diaryl/α,β-unsaturated/α-hetero) is 1. The van der Waals surface area contributed by atoms with Crippen LogP contribution in [0.2, 0.25) is 0 Å². The van der Waals surface area contributed by atoms with Gasteiger partial charge < -0.3 is 19.3 Å². The molecule has 1 saturated heterocycles. The maximum absolute atomic E-state index is 13.6. The van der Waals surface area contributed by atoms with Crippen LogP contribution in [0.3, 0.4) is 0 Å². The summed E-state index contributed by atoms with van der Waals surface area (Å²) in [5.41, 5.74) is 3.32. The Morgan fingerprint density at radius 3 is 2.33 bits per heavy atom. The molecule has 1 N–H and O–H groups in total. The molecular formula is C32H33NO6. The van der Waals surface area contributed by atoms with Crippen molar-refractivity contribution in [1.82, 2.24) is 0 Å². The van der Waals surface area contributed by atoms with Crippen molar-refractivity contribution in [3.8, 4) is 17.2 Å². The summed E-state index contributed by atoms with van der Waals surface area (Å²) in [6.07, 6.45) is -0.00631. The molecule has 0 bridgehead atoms. The van der Waals surface area contributed by atoms with Gasteiger partial charge >= 0.3 is 0 Å². The van der Waals surface area contributed by atoms with Gasteiger partial charge in [-0.3, -0.25) is 14.5 Å². The molecule has 3 aromatic carbocycles. The lowest BCUT2D eigenvalue weighted by Gasteiger charge is -2.26. The minimum atomic E-state index is -0.865. The van der Waals surface area contributed by atoms with Crippen molar-refractivity contribution in [3.63, 3.8) is 0 Å².